The van der Waals surface area contributed by atoms with Gasteiger partial charge in [-0.25, -0.2) is 4.79 Å². The minimum Gasteiger partial charge on any atom is -0.478 e. The molecule has 108 valence electrons. The van der Waals surface area contributed by atoms with Crippen molar-refractivity contribution in [1.29, 1.82) is 0 Å². The smallest absolute Gasteiger partial charge is 0.337 e. The molecule has 0 aliphatic heterocycles. The minimum atomic E-state index is -1.09. The van der Waals surface area contributed by atoms with Gasteiger partial charge in [0.15, 0.2) is 0 Å². The summed E-state index contributed by atoms with van der Waals surface area (Å²) >= 11 is 0. The van der Waals surface area contributed by atoms with E-state index in [-0.39, 0.29) is 12.2 Å². The molecule has 2 aromatic carbocycles. The van der Waals surface area contributed by atoms with Crippen LogP contribution in [0.2, 0.25) is 0 Å². The number of para-hydroxylation sites is 1. The number of carboxylic acid groups (broad SMARTS) is 1. The summed E-state index contributed by atoms with van der Waals surface area (Å²) in [5.41, 5.74) is 2.12. The molecule has 0 saturated carbocycles. The highest BCUT2D eigenvalue weighted by molar-refractivity contribution is 6.08. The molecule has 0 atom stereocenters. The van der Waals surface area contributed by atoms with E-state index in [4.69, 9.17) is 10.2 Å². The van der Waals surface area contributed by atoms with E-state index in [1.807, 2.05) is 0 Å². The molecule has 3 N–H and O–H groups in total. The van der Waals surface area contributed by atoms with Gasteiger partial charge in [-0.05, 0) is 36.2 Å². The molecule has 0 bridgehead atoms. The Balaban J connectivity index is 2.29. The summed E-state index contributed by atoms with van der Waals surface area (Å²) in [7, 11) is 0. The van der Waals surface area contributed by atoms with Crippen molar-refractivity contribution in [3.8, 4) is 0 Å². The Morgan fingerprint density at radius 1 is 1.10 bits per heavy atom. The molecule has 2 rings (SSSR count). The molecule has 0 unspecified atom stereocenters. The van der Waals surface area contributed by atoms with E-state index in [0.29, 0.717) is 22.4 Å². The summed E-state index contributed by atoms with van der Waals surface area (Å²) in [6, 6.07) is 11.3. The maximum Gasteiger partial charge on any atom is 0.337 e. The van der Waals surface area contributed by atoms with Crippen LogP contribution in [-0.2, 0) is 6.61 Å². The average Bonchev–Trinajstić information content (AvgIpc) is 2.49. The third-order valence-electron chi connectivity index (χ3n) is 3.14. The zero-order valence-electron chi connectivity index (χ0n) is 11.5. The Labute approximate surface area is 121 Å². The summed E-state index contributed by atoms with van der Waals surface area (Å²) in [5.74, 6) is -1.49. The molecule has 0 fully saturated rings. The van der Waals surface area contributed by atoms with Gasteiger partial charge in [0.1, 0.15) is 0 Å². The van der Waals surface area contributed by atoms with E-state index in [0.717, 1.165) is 0 Å². The lowest BCUT2D eigenvalue weighted by molar-refractivity contribution is 0.0698. The topological polar surface area (TPSA) is 86.6 Å². The highest BCUT2D eigenvalue weighted by Gasteiger charge is 2.15. The van der Waals surface area contributed by atoms with Crippen LogP contribution in [0, 0.1) is 6.92 Å². The van der Waals surface area contributed by atoms with E-state index < -0.39 is 11.9 Å². The number of aliphatic hydroxyl groups is 1. The zero-order chi connectivity index (χ0) is 15.4. The monoisotopic (exact) mass is 285 g/mol. The van der Waals surface area contributed by atoms with Crippen molar-refractivity contribution in [3.05, 3.63) is 64.7 Å². The molecular weight excluding hydrogens is 270 g/mol. The first-order valence-corrected chi connectivity index (χ1v) is 6.37. The Morgan fingerprint density at radius 3 is 2.33 bits per heavy atom. The molecule has 0 aromatic heterocycles. The van der Waals surface area contributed by atoms with E-state index in [1.54, 1.807) is 43.3 Å². The van der Waals surface area contributed by atoms with Gasteiger partial charge in [-0.1, -0.05) is 24.3 Å². The quantitative estimate of drug-likeness (QED) is 0.805. The predicted molar refractivity (Wildman–Crippen MR) is 78.5 cm³/mol. The molecule has 2 aromatic rings. The van der Waals surface area contributed by atoms with Crippen LogP contribution in [0.3, 0.4) is 0 Å². The van der Waals surface area contributed by atoms with Crippen LogP contribution < -0.4 is 5.32 Å². The second-order valence-corrected chi connectivity index (χ2v) is 4.61. The molecule has 0 aliphatic carbocycles. The Kier molecular flexibility index (Phi) is 4.35. The second kappa shape index (κ2) is 6.19. The Bertz CT molecular complexity index is 677. The number of anilines is 1. The number of hydrogen-bond acceptors (Lipinski definition) is 3. The fraction of sp³-hybridized carbons (Fsp3) is 0.125. The molecule has 1 amide bonds. The highest BCUT2D eigenvalue weighted by atomic mass is 16.4. The van der Waals surface area contributed by atoms with Gasteiger partial charge in [-0.15, -0.1) is 0 Å². The molecule has 0 radical (unpaired) electrons. The third kappa shape index (κ3) is 3.27. The zero-order valence-corrected chi connectivity index (χ0v) is 11.5. The highest BCUT2D eigenvalue weighted by Crippen LogP contribution is 2.21. The minimum absolute atomic E-state index is 0.0512. The largest absolute Gasteiger partial charge is 0.478 e. The summed E-state index contributed by atoms with van der Waals surface area (Å²) in [6.07, 6.45) is 0. The van der Waals surface area contributed by atoms with Gasteiger partial charge >= 0.3 is 5.97 Å². The van der Waals surface area contributed by atoms with Crippen molar-refractivity contribution in [3.63, 3.8) is 0 Å². The number of carboxylic acids is 1. The molecule has 0 spiro atoms. The van der Waals surface area contributed by atoms with Gasteiger partial charge in [0.25, 0.3) is 5.91 Å². The number of nitrogens with one attached hydrogen (secondary N) is 1. The van der Waals surface area contributed by atoms with E-state index in [9.17, 15) is 9.59 Å². The Hall–Kier alpha value is -2.66. The second-order valence-electron chi connectivity index (χ2n) is 4.61. The lowest BCUT2D eigenvalue weighted by Gasteiger charge is -2.11. The number of hydrogen-bond donors (Lipinski definition) is 3. The predicted octanol–water partition coefficient (Wildman–Crippen LogP) is 2.44. The fourth-order valence-corrected chi connectivity index (χ4v) is 1.96. The van der Waals surface area contributed by atoms with Crippen LogP contribution >= 0.6 is 0 Å². The number of aryl methyl sites for hydroxylation is 1. The number of amides is 1. The van der Waals surface area contributed by atoms with Gasteiger partial charge < -0.3 is 15.5 Å². The molecule has 21 heavy (non-hydrogen) atoms. The number of carbonyl (C=O) groups is 2. The summed E-state index contributed by atoms with van der Waals surface area (Å²) < 4.78 is 0. The average molecular weight is 285 g/mol. The Morgan fingerprint density at radius 2 is 1.76 bits per heavy atom. The van der Waals surface area contributed by atoms with Crippen LogP contribution in [0.5, 0.6) is 0 Å². The van der Waals surface area contributed by atoms with Gasteiger partial charge in [0.2, 0.25) is 0 Å². The van der Waals surface area contributed by atoms with Crippen molar-refractivity contribution in [1.82, 2.24) is 0 Å². The molecule has 0 aliphatic rings. The van der Waals surface area contributed by atoms with Crippen molar-refractivity contribution in [2.24, 2.45) is 0 Å². The first-order valence-electron chi connectivity index (χ1n) is 6.37. The van der Waals surface area contributed by atoms with Gasteiger partial charge in [-0.2, -0.15) is 0 Å². The first-order chi connectivity index (χ1) is 10.0. The lowest BCUT2D eigenvalue weighted by atomic mass is 10.1. The summed E-state index contributed by atoms with van der Waals surface area (Å²) in [4.78, 5) is 23.4. The van der Waals surface area contributed by atoms with Crippen LogP contribution in [-0.4, -0.2) is 22.1 Å². The molecule has 5 nitrogen and oxygen atoms in total. The molecular formula is C16H15NO4. The van der Waals surface area contributed by atoms with Gasteiger partial charge in [0, 0.05) is 5.56 Å². The standard InChI is InChI=1S/C16H15NO4/c1-10-3-2-4-13(16(20)21)14(10)17-15(19)12-7-5-11(9-18)6-8-12/h2-8,18H,9H2,1H3,(H,17,19)(H,20,21). The normalized spacial score (nSPS) is 10.2. The summed E-state index contributed by atoms with van der Waals surface area (Å²) in [5, 5.41) is 20.8. The van der Waals surface area contributed by atoms with Gasteiger partial charge in [-0.3, -0.25) is 4.79 Å². The van der Waals surface area contributed by atoms with Crippen LogP contribution in [0.4, 0.5) is 5.69 Å². The van der Waals surface area contributed by atoms with E-state index in [1.165, 1.54) is 6.07 Å². The van der Waals surface area contributed by atoms with Crippen molar-refractivity contribution in [2.75, 3.05) is 5.32 Å². The van der Waals surface area contributed by atoms with E-state index >= 15 is 0 Å². The number of rotatable bonds is 4. The van der Waals surface area contributed by atoms with Gasteiger partial charge in [0.05, 0.1) is 17.9 Å². The van der Waals surface area contributed by atoms with Crippen LogP contribution in [0.1, 0.15) is 31.8 Å². The number of carbonyl (C=O) groups excluding carboxylic acids is 1. The number of benzene rings is 2. The number of aromatic carboxylic acids is 1. The van der Waals surface area contributed by atoms with E-state index in [2.05, 4.69) is 5.32 Å². The summed E-state index contributed by atoms with van der Waals surface area (Å²) in [6.45, 7) is 1.64. The molecule has 5 heteroatoms. The molecule has 0 heterocycles. The maximum atomic E-state index is 12.2. The van der Waals surface area contributed by atoms with Crippen LogP contribution in [0.25, 0.3) is 0 Å². The van der Waals surface area contributed by atoms with Crippen molar-refractivity contribution in [2.45, 2.75) is 13.5 Å². The lowest BCUT2D eigenvalue weighted by Crippen LogP contribution is -2.16. The maximum absolute atomic E-state index is 12.2. The SMILES string of the molecule is Cc1cccc(C(=O)O)c1NC(=O)c1ccc(CO)cc1. The van der Waals surface area contributed by atoms with Crippen molar-refractivity contribution < 1.29 is 19.8 Å². The fourth-order valence-electron chi connectivity index (χ4n) is 1.96. The van der Waals surface area contributed by atoms with Crippen molar-refractivity contribution >= 4 is 17.6 Å². The molecule has 0 saturated heterocycles. The number of aliphatic hydroxyl groups excluding tert-OH is 1. The third-order valence-corrected chi connectivity index (χ3v) is 3.14. The van der Waals surface area contributed by atoms with Crippen LogP contribution in [0.15, 0.2) is 42.5 Å². The first kappa shape index (κ1) is 14.7.